The number of aliphatic hydroxyl groups is 1. The van der Waals surface area contributed by atoms with E-state index in [4.69, 9.17) is 16.3 Å². The van der Waals surface area contributed by atoms with Gasteiger partial charge in [-0.2, -0.15) is 0 Å². The quantitative estimate of drug-likeness (QED) is 0.629. The lowest BCUT2D eigenvalue weighted by atomic mass is 9.99. The number of benzene rings is 2. The second-order valence-corrected chi connectivity index (χ2v) is 7.80. The van der Waals surface area contributed by atoms with Gasteiger partial charge in [0.1, 0.15) is 6.10 Å². The van der Waals surface area contributed by atoms with Gasteiger partial charge in [-0.25, -0.2) is 4.98 Å². The van der Waals surface area contributed by atoms with Crippen LogP contribution < -0.4 is 9.64 Å². The number of rotatable bonds is 6. The molecule has 1 aliphatic rings. The van der Waals surface area contributed by atoms with Crippen molar-refractivity contribution < 1.29 is 9.84 Å². The van der Waals surface area contributed by atoms with Crippen molar-refractivity contribution in [3.8, 4) is 17.0 Å². The Labute approximate surface area is 176 Å². The standard InChI is InChI=1S/C24H25ClN2O2/c1-17-5-4-12-26-24(17)29-20-10-13-27(16-20)23-9-8-18(15-19(23)11-14-28)21-6-2-3-7-22(21)25/h2-9,12,15,20,28H,10-11,13-14,16H2,1H3. The normalized spacial score (nSPS) is 16.2. The van der Waals surface area contributed by atoms with Crippen molar-refractivity contribution in [2.45, 2.75) is 25.9 Å². The van der Waals surface area contributed by atoms with Crippen LogP contribution in [0.1, 0.15) is 17.5 Å². The van der Waals surface area contributed by atoms with E-state index in [-0.39, 0.29) is 12.7 Å². The fraction of sp³-hybridized carbons (Fsp3) is 0.292. The van der Waals surface area contributed by atoms with E-state index in [0.717, 1.165) is 52.5 Å². The molecule has 0 bridgehead atoms. The van der Waals surface area contributed by atoms with Crippen LogP contribution in [0.4, 0.5) is 5.69 Å². The molecule has 1 unspecified atom stereocenters. The van der Waals surface area contributed by atoms with Crippen molar-refractivity contribution >= 4 is 17.3 Å². The van der Waals surface area contributed by atoms with E-state index in [9.17, 15) is 5.11 Å². The summed E-state index contributed by atoms with van der Waals surface area (Å²) in [4.78, 5) is 6.69. The molecule has 1 aliphatic heterocycles. The molecule has 0 aliphatic carbocycles. The van der Waals surface area contributed by atoms with E-state index in [2.05, 4.69) is 28.1 Å². The summed E-state index contributed by atoms with van der Waals surface area (Å²) in [5.41, 5.74) is 5.40. The van der Waals surface area contributed by atoms with Crippen LogP contribution in [0.5, 0.6) is 5.88 Å². The van der Waals surface area contributed by atoms with Crippen LogP contribution >= 0.6 is 11.6 Å². The number of aliphatic hydroxyl groups excluding tert-OH is 1. The van der Waals surface area contributed by atoms with Gasteiger partial charge >= 0.3 is 0 Å². The Bertz CT molecular complexity index is 992. The van der Waals surface area contributed by atoms with Crippen molar-refractivity contribution in [2.75, 3.05) is 24.6 Å². The molecule has 1 atom stereocenters. The lowest BCUT2D eigenvalue weighted by molar-refractivity contribution is 0.214. The summed E-state index contributed by atoms with van der Waals surface area (Å²) in [7, 11) is 0. The Morgan fingerprint density at radius 3 is 2.83 bits per heavy atom. The molecule has 1 fully saturated rings. The van der Waals surface area contributed by atoms with Gasteiger partial charge in [0.25, 0.3) is 0 Å². The summed E-state index contributed by atoms with van der Waals surface area (Å²) in [5.74, 6) is 0.712. The van der Waals surface area contributed by atoms with Crippen molar-refractivity contribution in [3.63, 3.8) is 0 Å². The van der Waals surface area contributed by atoms with Gasteiger partial charge in [0.2, 0.25) is 5.88 Å². The molecule has 1 aromatic heterocycles. The molecule has 0 saturated carbocycles. The van der Waals surface area contributed by atoms with Crippen LogP contribution in [0.25, 0.3) is 11.1 Å². The van der Waals surface area contributed by atoms with Crippen molar-refractivity contribution in [1.29, 1.82) is 0 Å². The van der Waals surface area contributed by atoms with Gasteiger partial charge in [-0.3, -0.25) is 0 Å². The van der Waals surface area contributed by atoms with E-state index in [0.29, 0.717) is 12.3 Å². The number of aromatic nitrogens is 1. The van der Waals surface area contributed by atoms with Crippen molar-refractivity contribution in [2.24, 2.45) is 0 Å². The largest absolute Gasteiger partial charge is 0.472 e. The second-order valence-electron chi connectivity index (χ2n) is 7.40. The van der Waals surface area contributed by atoms with Crippen LogP contribution in [-0.4, -0.2) is 35.9 Å². The van der Waals surface area contributed by atoms with Crippen molar-refractivity contribution in [3.05, 3.63) is 76.9 Å². The first-order valence-electron chi connectivity index (χ1n) is 9.97. The Kier molecular flexibility index (Phi) is 6.02. The number of halogens is 1. The first-order chi connectivity index (χ1) is 14.2. The van der Waals surface area contributed by atoms with Crippen LogP contribution in [0.2, 0.25) is 5.02 Å². The smallest absolute Gasteiger partial charge is 0.216 e. The lowest BCUT2D eigenvalue weighted by Crippen LogP contribution is -2.26. The molecule has 1 saturated heterocycles. The van der Waals surface area contributed by atoms with Crippen LogP contribution in [0, 0.1) is 6.92 Å². The monoisotopic (exact) mass is 408 g/mol. The summed E-state index contributed by atoms with van der Waals surface area (Å²) in [5, 5.41) is 10.3. The highest BCUT2D eigenvalue weighted by atomic mass is 35.5. The molecule has 2 aromatic carbocycles. The van der Waals surface area contributed by atoms with Gasteiger partial charge in [-0.05, 0) is 48.7 Å². The molecular formula is C24H25ClN2O2. The summed E-state index contributed by atoms with van der Waals surface area (Å²) in [6, 6.07) is 18.2. The molecular weight excluding hydrogens is 384 g/mol. The number of aryl methyl sites for hydroxylation is 1. The Morgan fingerprint density at radius 1 is 1.17 bits per heavy atom. The van der Waals surface area contributed by atoms with E-state index < -0.39 is 0 Å². The minimum Gasteiger partial charge on any atom is -0.472 e. The SMILES string of the molecule is Cc1cccnc1OC1CCN(c2ccc(-c3ccccc3Cl)cc2CCO)C1. The fourth-order valence-corrected chi connectivity index (χ4v) is 4.12. The molecule has 3 aromatic rings. The maximum absolute atomic E-state index is 9.60. The van der Waals surface area contributed by atoms with Gasteiger partial charge in [0.15, 0.2) is 0 Å². The topological polar surface area (TPSA) is 45.6 Å². The summed E-state index contributed by atoms with van der Waals surface area (Å²) in [6.45, 7) is 3.85. The van der Waals surface area contributed by atoms with Crippen molar-refractivity contribution in [1.82, 2.24) is 4.98 Å². The first-order valence-corrected chi connectivity index (χ1v) is 10.4. The Morgan fingerprint density at radius 2 is 2.03 bits per heavy atom. The number of anilines is 1. The zero-order valence-corrected chi connectivity index (χ0v) is 17.3. The Balaban J connectivity index is 1.55. The highest BCUT2D eigenvalue weighted by molar-refractivity contribution is 6.33. The molecule has 0 amide bonds. The molecule has 2 heterocycles. The number of ether oxygens (including phenoxy) is 1. The van der Waals surface area contributed by atoms with Gasteiger partial charge in [-0.15, -0.1) is 0 Å². The zero-order valence-electron chi connectivity index (χ0n) is 16.5. The molecule has 0 radical (unpaired) electrons. The Hall–Kier alpha value is -2.56. The molecule has 29 heavy (non-hydrogen) atoms. The molecule has 5 heteroatoms. The second kappa shape index (κ2) is 8.85. The molecule has 1 N–H and O–H groups in total. The van der Waals surface area contributed by atoms with Gasteiger partial charge < -0.3 is 14.7 Å². The van der Waals surface area contributed by atoms with Gasteiger partial charge in [0.05, 0.1) is 6.54 Å². The summed E-state index contributed by atoms with van der Waals surface area (Å²) >= 11 is 6.38. The maximum atomic E-state index is 9.60. The average Bonchev–Trinajstić information content (AvgIpc) is 3.19. The number of hydrogen-bond acceptors (Lipinski definition) is 4. The zero-order chi connectivity index (χ0) is 20.2. The predicted octanol–water partition coefficient (Wildman–Crippen LogP) is 4.90. The van der Waals surface area contributed by atoms with Gasteiger partial charge in [-0.1, -0.05) is 41.9 Å². The first kappa shape index (κ1) is 19.7. The van der Waals surface area contributed by atoms with E-state index in [1.165, 1.54) is 0 Å². The highest BCUT2D eigenvalue weighted by Crippen LogP contribution is 2.33. The van der Waals surface area contributed by atoms with Gasteiger partial charge in [0, 0.05) is 47.6 Å². The van der Waals surface area contributed by atoms with Crippen LogP contribution in [0.3, 0.4) is 0 Å². The van der Waals surface area contributed by atoms with Crippen LogP contribution in [-0.2, 0) is 6.42 Å². The summed E-state index contributed by atoms with van der Waals surface area (Å²) < 4.78 is 6.15. The molecule has 4 rings (SSSR count). The number of pyridine rings is 1. The molecule has 150 valence electrons. The third kappa shape index (κ3) is 4.39. The van der Waals surface area contributed by atoms with E-state index in [1.807, 2.05) is 43.3 Å². The highest BCUT2D eigenvalue weighted by Gasteiger charge is 2.26. The van der Waals surface area contributed by atoms with E-state index in [1.54, 1.807) is 6.20 Å². The third-order valence-corrected chi connectivity index (χ3v) is 5.70. The molecule has 4 nitrogen and oxygen atoms in total. The third-order valence-electron chi connectivity index (χ3n) is 5.37. The summed E-state index contributed by atoms with van der Waals surface area (Å²) in [6.07, 6.45) is 3.42. The fourth-order valence-electron chi connectivity index (χ4n) is 3.87. The minimum atomic E-state index is 0.105. The average molecular weight is 409 g/mol. The van der Waals surface area contributed by atoms with Crippen LogP contribution in [0.15, 0.2) is 60.8 Å². The maximum Gasteiger partial charge on any atom is 0.216 e. The predicted molar refractivity (Wildman–Crippen MR) is 118 cm³/mol. The van der Waals surface area contributed by atoms with E-state index >= 15 is 0 Å². The number of nitrogens with zero attached hydrogens (tertiary/aromatic N) is 2. The lowest BCUT2D eigenvalue weighted by Gasteiger charge is -2.23. The number of hydrogen-bond donors (Lipinski definition) is 1. The minimum absolute atomic E-state index is 0.105. The molecule has 0 spiro atoms.